The number of nitrogens with one attached hydrogen (secondary N) is 1. The number of hydrogen-bond acceptors (Lipinski definition) is 4. The zero-order chi connectivity index (χ0) is 15.5. The van der Waals surface area contributed by atoms with E-state index in [1.807, 2.05) is 4.90 Å². The van der Waals surface area contributed by atoms with E-state index >= 15 is 0 Å². The van der Waals surface area contributed by atoms with Crippen LogP contribution in [0.15, 0.2) is 18.2 Å². The first-order valence-corrected chi connectivity index (χ1v) is 8.93. The number of rotatable bonds is 3. The Kier molecular flexibility index (Phi) is 5.23. The highest BCUT2D eigenvalue weighted by atomic mass is 35.5. The first kappa shape index (κ1) is 16.1. The first-order valence-electron chi connectivity index (χ1n) is 7.40. The number of amides is 1. The second-order valence-corrected chi connectivity index (χ2v) is 7.01. The van der Waals surface area contributed by atoms with Crippen molar-refractivity contribution in [2.45, 2.75) is 12.6 Å². The largest absolute Gasteiger partial charge is 0.339 e. The fraction of sp³-hybridized carbons (Fsp3) is 0.533. The summed E-state index contributed by atoms with van der Waals surface area (Å²) in [4.78, 5) is 16.4. The average molecular weight is 344 g/mol. The fourth-order valence-electron chi connectivity index (χ4n) is 2.81. The number of carbonyl (C=O) groups is 1. The molecule has 1 atom stereocenters. The molecule has 0 bridgehead atoms. The molecule has 2 fully saturated rings. The predicted molar refractivity (Wildman–Crippen MR) is 87.5 cm³/mol. The van der Waals surface area contributed by atoms with Gasteiger partial charge in [0.2, 0.25) is 5.91 Å². The Balaban J connectivity index is 1.54. The number of hydrogen-bond donors (Lipinski definition) is 1. The molecule has 0 aliphatic carbocycles. The molecule has 1 N–H and O–H groups in total. The van der Waals surface area contributed by atoms with E-state index in [1.54, 1.807) is 23.9 Å². The highest BCUT2D eigenvalue weighted by molar-refractivity contribution is 7.99. The lowest BCUT2D eigenvalue weighted by Gasteiger charge is -2.36. The SMILES string of the molecule is O=C(C1CSCN1)N1CCN(Cc2c(F)cccc2Cl)CC1. The van der Waals surface area contributed by atoms with Crippen molar-refractivity contribution in [3.63, 3.8) is 0 Å². The van der Waals surface area contributed by atoms with Crippen LogP contribution in [0.3, 0.4) is 0 Å². The van der Waals surface area contributed by atoms with E-state index in [0.29, 0.717) is 30.2 Å². The van der Waals surface area contributed by atoms with Gasteiger partial charge < -0.3 is 4.90 Å². The van der Waals surface area contributed by atoms with Gasteiger partial charge in [0.05, 0.1) is 6.04 Å². The van der Waals surface area contributed by atoms with E-state index < -0.39 is 0 Å². The number of nitrogens with zero attached hydrogens (tertiary/aromatic N) is 2. The minimum Gasteiger partial charge on any atom is -0.339 e. The minimum atomic E-state index is -0.266. The van der Waals surface area contributed by atoms with E-state index in [-0.39, 0.29) is 17.8 Å². The van der Waals surface area contributed by atoms with E-state index in [2.05, 4.69) is 10.2 Å². The molecule has 1 amide bonds. The van der Waals surface area contributed by atoms with E-state index in [4.69, 9.17) is 11.6 Å². The Morgan fingerprint density at radius 2 is 2.14 bits per heavy atom. The molecule has 0 aromatic heterocycles. The Morgan fingerprint density at radius 1 is 1.36 bits per heavy atom. The molecule has 2 saturated heterocycles. The van der Waals surface area contributed by atoms with Gasteiger partial charge in [-0.2, -0.15) is 0 Å². The van der Waals surface area contributed by atoms with Gasteiger partial charge in [-0.15, -0.1) is 11.8 Å². The molecule has 0 radical (unpaired) electrons. The topological polar surface area (TPSA) is 35.6 Å². The van der Waals surface area contributed by atoms with Crippen molar-refractivity contribution >= 4 is 29.3 Å². The summed E-state index contributed by atoms with van der Waals surface area (Å²) in [5, 5.41) is 3.67. The van der Waals surface area contributed by atoms with Gasteiger partial charge in [0.1, 0.15) is 5.82 Å². The van der Waals surface area contributed by atoms with Gasteiger partial charge in [0, 0.05) is 54.9 Å². The van der Waals surface area contributed by atoms with Crippen molar-refractivity contribution in [3.8, 4) is 0 Å². The zero-order valence-electron chi connectivity index (χ0n) is 12.2. The molecule has 2 aliphatic rings. The molecule has 1 aromatic rings. The lowest BCUT2D eigenvalue weighted by Crippen LogP contribution is -2.53. The number of piperazine rings is 1. The maximum absolute atomic E-state index is 13.8. The van der Waals surface area contributed by atoms with Crippen LogP contribution in [0.1, 0.15) is 5.56 Å². The average Bonchev–Trinajstić information content (AvgIpc) is 3.05. The van der Waals surface area contributed by atoms with Crippen LogP contribution < -0.4 is 5.32 Å². The molecule has 3 rings (SSSR count). The van der Waals surface area contributed by atoms with Crippen molar-refractivity contribution in [1.82, 2.24) is 15.1 Å². The smallest absolute Gasteiger partial charge is 0.240 e. The van der Waals surface area contributed by atoms with Crippen molar-refractivity contribution in [2.24, 2.45) is 0 Å². The van der Waals surface area contributed by atoms with Crippen LogP contribution in [0.5, 0.6) is 0 Å². The van der Waals surface area contributed by atoms with Crippen molar-refractivity contribution in [2.75, 3.05) is 37.8 Å². The third kappa shape index (κ3) is 3.56. The molecule has 120 valence electrons. The molecule has 0 spiro atoms. The standard InChI is InChI=1S/C15H19ClFN3OS/c16-12-2-1-3-13(17)11(12)8-19-4-6-20(7-5-19)15(21)14-9-22-10-18-14/h1-3,14,18H,4-10H2. The van der Waals surface area contributed by atoms with Gasteiger partial charge in [0.25, 0.3) is 0 Å². The lowest BCUT2D eigenvalue weighted by atomic mass is 10.1. The Bertz CT molecular complexity index is 525. The molecular formula is C15H19ClFN3OS. The summed E-state index contributed by atoms with van der Waals surface area (Å²) in [6.45, 7) is 3.36. The summed E-state index contributed by atoms with van der Waals surface area (Å²) in [6, 6.07) is 4.72. The molecule has 22 heavy (non-hydrogen) atoms. The Morgan fingerprint density at radius 3 is 2.77 bits per heavy atom. The molecule has 4 nitrogen and oxygen atoms in total. The van der Waals surface area contributed by atoms with Gasteiger partial charge in [-0.1, -0.05) is 17.7 Å². The van der Waals surface area contributed by atoms with Crippen LogP contribution in [-0.4, -0.2) is 59.6 Å². The Labute approximate surface area is 139 Å². The maximum atomic E-state index is 13.8. The van der Waals surface area contributed by atoms with Gasteiger partial charge >= 0.3 is 0 Å². The van der Waals surface area contributed by atoms with Gasteiger partial charge in [-0.3, -0.25) is 15.0 Å². The van der Waals surface area contributed by atoms with Crippen LogP contribution in [0.2, 0.25) is 5.02 Å². The lowest BCUT2D eigenvalue weighted by molar-refractivity contribution is -0.134. The fourth-order valence-corrected chi connectivity index (χ4v) is 3.96. The number of carbonyl (C=O) groups excluding carboxylic acids is 1. The van der Waals surface area contributed by atoms with Crippen LogP contribution >= 0.6 is 23.4 Å². The van der Waals surface area contributed by atoms with Gasteiger partial charge in [0.15, 0.2) is 0 Å². The van der Waals surface area contributed by atoms with E-state index in [0.717, 1.165) is 24.7 Å². The maximum Gasteiger partial charge on any atom is 0.240 e. The zero-order valence-corrected chi connectivity index (χ0v) is 13.8. The number of halogens is 2. The number of benzene rings is 1. The summed E-state index contributed by atoms with van der Waals surface area (Å²) >= 11 is 7.83. The highest BCUT2D eigenvalue weighted by Crippen LogP contribution is 2.21. The van der Waals surface area contributed by atoms with Crippen LogP contribution in [0, 0.1) is 5.82 Å². The third-order valence-electron chi connectivity index (χ3n) is 4.14. The molecular weight excluding hydrogens is 325 g/mol. The summed E-state index contributed by atoms with van der Waals surface area (Å²) in [5.74, 6) is 1.62. The van der Waals surface area contributed by atoms with Crippen molar-refractivity contribution < 1.29 is 9.18 Å². The monoisotopic (exact) mass is 343 g/mol. The van der Waals surface area contributed by atoms with Crippen LogP contribution in [-0.2, 0) is 11.3 Å². The first-order chi connectivity index (χ1) is 10.6. The summed E-state index contributed by atoms with van der Waals surface area (Å²) in [5.41, 5.74) is 0.540. The molecule has 7 heteroatoms. The summed E-state index contributed by atoms with van der Waals surface area (Å²) in [7, 11) is 0. The summed E-state index contributed by atoms with van der Waals surface area (Å²) < 4.78 is 13.8. The molecule has 1 aromatic carbocycles. The van der Waals surface area contributed by atoms with Gasteiger partial charge in [-0.25, -0.2) is 4.39 Å². The Hall–Kier alpha value is -0.820. The molecule has 1 unspecified atom stereocenters. The quantitative estimate of drug-likeness (QED) is 0.907. The third-order valence-corrected chi connectivity index (χ3v) is 5.44. The van der Waals surface area contributed by atoms with E-state index in [1.165, 1.54) is 6.07 Å². The molecule has 2 heterocycles. The molecule has 2 aliphatic heterocycles. The highest BCUT2D eigenvalue weighted by Gasteiger charge is 2.29. The van der Waals surface area contributed by atoms with E-state index in [9.17, 15) is 9.18 Å². The van der Waals surface area contributed by atoms with Crippen molar-refractivity contribution in [1.29, 1.82) is 0 Å². The van der Waals surface area contributed by atoms with Crippen molar-refractivity contribution in [3.05, 3.63) is 34.6 Å². The van der Waals surface area contributed by atoms with Crippen LogP contribution in [0.4, 0.5) is 4.39 Å². The minimum absolute atomic E-state index is 0.0439. The summed E-state index contributed by atoms with van der Waals surface area (Å²) in [6.07, 6.45) is 0. The van der Waals surface area contributed by atoms with Gasteiger partial charge in [-0.05, 0) is 12.1 Å². The number of thioether (sulfide) groups is 1. The second kappa shape index (κ2) is 7.17. The van der Waals surface area contributed by atoms with Crippen LogP contribution in [0.25, 0.3) is 0 Å². The second-order valence-electron chi connectivity index (χ2n) is 5.57. The molecule has 0 saturated carbocycles. The normalized spacial score (nSPS) is 23.0. The predicted octanol–water partition coefficient (Wildman–Crippen LogP) is 1.79.